The molecule has 2 aromatic carbocycles. The zero-order valence-electron chi connectivity index (χ0n) is 12.0. The lowest BCUT2D eigenvalue weighted by atomic mass is 10.1. The fourth-order valence-electron chi connectivity index (χ4n) is 2.09. The van der Waals surface area contributed by atoms with Crippen molar-refractivity contribution in [1.29, 1.82) is 0 Å². The summed E-state index contributed by atoms with van der Waals surface area (Å²) in [7, 11) is 1.56. The van der Waals surface area contributed by atoms with Crippen LogP contribution in [-0.4, -0.2) is 19.0 Å². The SMILES string of the molecule is COc1ccccc1C=C1N=C(c2ccc(Cl)c(Cl)c2)OC1=O. The molecule has 116 valence electrons. The van der Waals surface area contributed by atoms with E-state index in [1.165, 1.54) is 0 Å². The zero-order chi connectivity index (χ0) is 16.4. The first-order valence-corrected chi connectivity index (χ1v) is 7.45. The minimum Gasteiger partial charge on any atom is -0.496 e. The highest BCUT2D eigenvalue weighted by atomic mass is 35.5. The van der Waals surface area contributed by atoms with E-state index in [0.717, 1.165) is 5.56 Å². The summed E-state index contributed by atoms with van der Waals surface area (Å²) in [5.74, 6) is 0.303. The van der Waals surface area contributed by atoms with E-state index in [2.05, 4.69) is 4.99 Å². The van der Waals surface area contributed by atoms with Crippen molar-refractivity contribution in [3.05, 3.63) is 69.3 Å². The van der Waals surface area contributed by atoms with Gasteiger partial charge in [0.05, 0.1) is 17.2 Å². The van der Waals surface area contributed by atoms with Gasteiger partial charge in [0.25, 0.3) is 0 Å². The molecule has 0 aliphatic carbocycles. The number of cyclic esters (lactones) is 1. The molecule has 3 rings (SSSR count). The standard InChI is InChI=1S/C17H11Cl2NO3/c1-22-15-5-3-2-4-10(15)9-14-17(21)23-16(20-14)11-6-7-12(18)13(19)8-11/h2-9H,1H3. The van der Waals surface area contributed by atoms with Gasteiger partial charge in [0.1, 0.15) is 5.75 Å². The quantitative estimate of drug-likeness (QED) is 0.612. The topological polar surface area (TPSA) is 47.9 Å². The van der Waals surface area contributed by atoms with Gasteiger partial charge < -0.3 is 9.47 Å². The Labute approximate surface area is 143 Å². The molecular formula is C17H11Cl2NO3. The van der Waals surface area contributed by atoms with Crippen LogP contribution in [-0.2, 0) is 9.53 Å². The predicted molar refractivity (Wildman–Crippen MR) is 90.1 cm³/mol. The Morgan fingerprint density at radius 1 is 1.13 bits per heavy atom. The number of methoxy groups -OCH3 is 1. The summed E-state index contributed by atoms with van der Waals surface area (Å²) >= 11 is 11.9. The average molecular weight is 348 g/mol. The largest absolute Gasteiger partial charge is 0.496 e. The number of benzene rings is 2. The molecule has 23 heavy (non-hydrogen) atoms. The second-order valence-electron chi connectivity index (χ2n) is 4.71. The van der Waals surface area contributed by atoms with Crippen LogP contribution in [0.3, 0.4) is 0 Å². The van der Waals surface area contributed by atoms with Crippen LogP contribution < -0.4 is 4.74 Å². The van der Waals surface area contributed by atoms with E-state index >= 15 is 0 Å². The first-order chi connectivity index (χ1) is 11.1. The lowest BCUT2D eigenvalue weighted by Gasteiger charge is -2.03. The number of hydrogen-bond acceptors (Lipinski definition) is 4. The van der Waals surface area contributed by atoms with Gasteiger partial charge in [-0.2, -0.15) is 0 Å². The Hall–Kier alpha value is -2.30. The summed E-state index contributed by atoms with van der Waals surface area (Å²) in [5, 5.41) is 0.787. The molecule has 0 saturated carbocycles. The van der Waals surface area contributed by atoms with Gasteiger partial charge in [-0.1, -0.05) is 41.4 Å². The Morgan fingerprint density at radius 2 is 1.91 bits per heavy atom. The summed E-state index contributed by atoms with van der Waals surface area (Å²) in [4.78, 5) is 16.2. The highest BCUT2D eigenvalue weighted by Crippen LogP contribution is 2.27. The maximum atomic E-state index is 12.0. The maximum absolute atomic E-state index is 12.0. The van der Waals surface area contributed by atoms with E-state index in [4.69, 9.17) is 32.7 Å². The highest BCUT2D eigenvalue weighted by molar-refractivity contribution is 6.42. The number of hydrogen-bond donors (Lipinski definition) is 0. The van der Waals surface area contributed by atoms with Gasteiger partial charge in [0.2, 0.25) is 5.90 Å². The highest BCUT2D eigenvalue weighted by Gasteiger charge is 2.24. The van der Waals surface area contributed by atoms with Crippen molar-refractivity contribution in [2.75, 3.05) is 7.11 Å². The summed E-state index contributed by atoms with van der Waals surface area (Å²) < 4.78 is 10.5. The summed E-state index contributed by atoms with van der Waals surface area (Å²) in [6, 6.07) is 12.2. The van der Waals surface area contributed by atoms with Gasteiger partial charge in [-0.3, -0.25) is 0 Å². The molecule has 1 heterocycles. The molecule has 0 atom stereocenters. The molecule has 2 aromatic rings. The Kier molecular flexibility index (Phi) is 4.37. The molecule has 0 aromatic heterocycles. The van der Waals surface area contributed by atoms with Gasteiger partial charge in [-0.25, -0.2) is 9.79 Å². The molecule has 0 radical (unpaired) electrons. The minimum absolute atomic E-state index is 0.190. The van der Waals surface area contributed by atoms with Gasteiger partial charge >= 0.3 is 5.97 Å². The van der Waals surface area contributed by atoms with Crippen LogP contribution in [0.4, 0.5) is 0 Å². The normalized spacial score (nSPS) is 15.5. The number of rotatable bonds is 3. The smallest absolute Gasteiger partial charge is 0.363 e. The number of ether oxygens (including phenoxy) is 2. The lowest BCUT2D eigenvalue weighted by molar-refractivity contribution is -0.129. The number of aliphatic imine (C=N–C) groups is 1. The van der Waals surface area contributed by atoms with Gasteiger partial charge in [0.15, 0.2) is 5.70 Å². The van der Waals surface area contributed by atoms with Crippen molar-refractivity contribution in [2.24, 2.45) is 4.99 Å². The minimum atomic E-state index is -0.531. The van der Waals surface area contributed by atoms with Gasteiger partial charge in [-0.05, 0) is 30.3 Å². The van der Waals surface area contributed by atoms with Crippen molar-refractivity contribution in [2.45, 2.75) is 0 Å². The molecule has 0 bridgehead atoms. The molecule has 1 aliphatic heterocycles. The average Bonchev–Trinajstić information content (AvgIpc) is 2.91. The molecule has 0 fully saturated rings. The van der Waals surface area contributed by atoms with Crippen LogP contribution in [0.5, 0.6) is 5.75 Å². The predicted octanol–water partition coefficient (Wildman–Crippen LogP) is 4.35. The zero-order valence-corrected chi connectivity index (χ0v) is 13.6. The molecule has 1 aliphatic rings. The van der Waals surface area contributed by atoms with E-state index in [-0.39, 0.29) is 11.6 Å². The fraction of sp³-hybridized carbons (Fsp3) is 0.0588. The van der Waals surface area contributed by atoms with E-state index in [0.29, 0.717) is 21.4 Å². The lowest BCUT2D eigenvalue weighted by Crippen LogP contribution is -2.05. The Morgan fingerprint density at radius 3 is 2.65 bits per heavy atom. The molecule has 0 unspecified atom stereocenters. The third-order valence-corrected chi connectivity index (χ3v) is 3.96. The number of carbonyl (C=O) groups excluding carboxylic acids is 1. The second kappa shape index (κ2) is 6.44. The molecule has 0 spiro atoms. The van der Waals surface area contributed by atoms with Crippen LogP contribution in [0.2, 0.25) is 10.0 Å². The van der Waals surface area contributed by atoms with E-state index in [1.54, 1.807) is 37.5 Å². The number of esters is 1. The molecule has 0 saturated heterocycles. The van der Waals surface area contributed by atoms with Crippen LogP contribution in [0.15, 0.2) is 53.2 Å². The fourth-order valence-corrected chi connectivity index (χ4v) is 2.39. The van der Waals surface area contributed by atoms with Crippen LogP contribution in [0.25, 0.3) is 6.08 Å². The first kappa shape index (κ1) is 15.6. The summed E-state index contributed by atoms with van der Waals surface area (Å²) in [5.41, 5.74) is 1.51. The van der Waals surface area contributed by atoms with Crippen LogP contribution in [0.1, 0.15) is 11.1 Å². The van der Waals surface area contributed by atoms with E-state index in [9.17, 15) is 4.79 Å². The summed E-state index contributed by atoms with van der Waals surface area (Å²) in [6.07, 6.45) is 1.62. The van der Waals surface area contributed by atoms with E-state index in [1.807, 2.05) is 18.2 Å². The van der Waals surface area contributed by atoms with Crippen molar-refractivity contribution in [1.82, 2.24) is 0 Å². The number of carbonyl (C=O) groups is 1. The number of nitrogens with zero attached hydrogens (tertiary/aromatic N) is 1. The number of halogens is 2. The molecule has 0 N–H and O–H groups in total. The Balaban J connectivity index is 1.98. The maximum Gasteiger partial charge on any atom is 0.363 e. The monoisotopic (exact) mass is 347 g/mol. The van der Waals surface area contributed by atoms with Crippen molar-refractivity contribution < 1.29 is 14.3 Å². The van der Waals surface area contributed by atoms with Gasteiger partial charge in [-0.15, -0.1) is 0 Å². The third kappa shape index (κ3) is 3.23. The van der Waals surface area contributed by atoms with Crippen LogP contribution >= 0.6 is 23.2 Å². The molecule has 4 nitrogen and oxygen atoms in total. The number of para-hydroxylation sites is 1. The van der Waals surface area contributed by atoms with Crippen molar-refractivity contribution in [3.8, 4) is 5.75 Å². The molecular weight excluding hydrogens is 337 g/mol. The van der Waals surface area contributed by atoms with Crippen molar-refractivity contribution in [3.63, 3.8) is 0 Å². The van der Waals surface area contributed by atoms with E-state index < -0.39 is 5.97 Å². The van der Waals surface area contributed by atoms with Crippen LogP contribution in [0, 0.1) is 0 Å². The third-order valence-electron chi connectivity index (χ3n) is 3.22. The van der Waals surface area contributed by atoms with Gasteiger partial charge in [0, 0.05) is 11.1 Å². The Bertz CT molecular complexity index is 843. The van der Waals surface area contributed by atoms with Crippen molar-refractivity contribution >= 4 is 41.1 Å². The molecule has 6 heteroatoms. The second-order valence-corrected chi connectivity index (χ2v) is 5.52. The summed E-state index contributed by atoms with van der Waals surface area (Å²) in [6.45, 7) is 0. The molecule has 0 amide bonds. The first-order valence-electron chi connectivity index (χ1n) is 6.69.